The van der Waals surface area contributed by atoms with Gasteiger partial charge in [-0.05, 0) is 98.7 Å². The van der Waals surface area contributed by atoms with Gasteiger partial charge in [-0.3, -0.25) is 0 Å². The molecule has 0 N–H and O–H groups in total. The highest BCUT2D eigenvalue weighted by molar-refractivity contribution is 4.96. The predicted molar refractivity (Wildman–Crippen MR) is 127 cm³/mol. The summed E-state index contributed by atoms with van der Waals surface area (Å²) < 4.78 is 0. The van der Waals surface area contributed by atoms with Gasteiger partial charge in [-0.2, -0.15) is 0 Å². The lowest BCUT2D eigenvalue weighted by Crippen LogP contribution is -2.42. The third-order valence-corrected chi connectivity index (χ3v) is 10.4. The lowest BCUT2D eigenvalue weighted by molar-refractivity contribution is -0.0186. The molecule has 0 saturated heterocycles. The molecule has 0 radical (unpaired) electrons. The smallest absolute Gasteiger partial charge is 0.0380 e. The third-order valence-electron chi connectivity index (χ3n) is 10.4. The van der Waals surface area contributed by atoms with Gasteiger partial charge in [0.05, 0.1) is 0 Å². The van der Waals surface area contributed by atoms with Crippen molar-refractivity contribution >= 4 is 0 Å². The molecule has 0 nitrogen and oxygen atoms in total. The van der Waals surface area contributed by atoms with E-state index in [0.717, 1.165) is 47.3 Å². The van der Waals surface area contributed by atoms with Crippen LogP contribution in [0.15, 0.2) is 0 Å². The normalized spacial score (nSPS) is 39.9. The van der Waals surface area contributed by atoms with Gasteiger partial charge in [-0.1, -0.05) is 84.5 Å². The maximum Gasteiger partial charge on any atom is -0.0380 e. The highest BCUT2D eigenvalue weighted by Gasteiger charge is 2.45. The van der Waals surface area contributed by atoms with E-state index in [2.05, 4.69) is 13.8 Å². The van der Waals surface area contributed by atoms with E-state index in [4.69, 9.17) is 0 Å². The van der Waals surface area contributed by atoms with E-state index in [1.165, 1.54) is 57.8 Å². The quantitative estimate of drug-likeness (QED) is 0.338. The van der Waals surface area contributed by atoms with E-state index in [0.29, 0.717) is 0 Å². The Morgan fingerprint density at radius 3 is 1.55 bits per heavy atom. The van der Waals surface area contributed by atoms with E-state index in [1.807, 2.05) is 0 Å². The third kappa shape index (κ3) is 5.63. The van der Waals surface area contributed by atoms with E-state index in [9.17, 15) is 0 Å². The van der Waals surface area contributed by atoms with Crippen LogP contribution < -0.4 is 0 Å². The molecule has 0 spiro atoms. The number of rotatable bonds is 9. The maximum absolute atomic E-state index is 2.40. The van der Waals surface area contributed by atoms with Crippen molar-refractivity contribution in [2.45, 2.75) is 136 Å². The van der Waals surface area contributed by atoms with Crippen molar-refractivity contribution in [1.29, 1.82) is 0 Å². The standard InChI is InChI=1S/C29H52/c1-3-5-11-22(10-4-2)24-14-16-25(17-15-24)27-20-29(21-27)28-18-26(19-28)23-12-8-6-7-9-13-23/h22-29H,3-21H2,1-2H3. The molecule has 4 aliphatic rings. The van der Waals surface area contributed by atoms with Gasteiger partial charge in [-0.15, -0.1) is 0 Å². The zero-order chi connectivity index (χ0) is 20.1. The van der Waals surface area contributed by atoms with Gasteiger partial charge >= 0.3 is 0 Å². The Kier molecular flexibility index (Phi) is 8.45. The molecule has 29 heavy (non-hydrogen) atoms. The molecular weight excluding hydrogens is 348 g/mol. The van der Waals surface area contributed by atoms with E-state index in [1.54, 1.807) is 64.2 Å². The van der Waals surface area contributed by atoms with Crippen LogP contribution in [-0.2, 0) is 0 Å². The van der Waals surface area contributed by atoms with Crippen LogP contribution in [0.3, 0.4) is 0 Å². The summed E-state index contributed by atoms with van der Waals surface area (Å²) in [4.78, 5) is 0. The number of unbranched alkanes of at least 4 members (excludes halogenated alkanes) is 1. The summed E-state index contributed by atoms with van der Waals surface area (Å²) in [6, 6.07) is 0. The summed E-state index contributed by atoms with van der Waals surface area (Å²) in [5, 5.41) is 0. The fourth-order valence-corrected chi connectivity index (χ4v) is 8.28. The van der Waals surface area contributed by atoms with E-state index in [-0.39, 0.29) is 0 Å². The minimum atomic E-state index is 1.06. The Morgan fingerprint density at radius 2 is 1.03 bits per heavy atom. The molecule has 0 aliphatic heterocycles. The molecule has 1 atom stereocenters. The Hall–Kier alpha value is 0. The predicted octanol–water partition coefficient (Wildman–Crippen LogP) is 9.42. The molecule has 1 unspecified atom stereocenters. The van der Waals surface area contributed by atoms with Crippen molar-refractivity contribution in [3.8, 4) is 0 Å². The van der Waals surface area contributed by atoms with Gasteiger partial charge in [0, 0.05) is 0 Å². The van der Waals surface area contributed by atoms with Crippen LogP contribution in [0.2, 0.25) is 0 Å². The van der Waals surface area contributed by atoms with E-state index < -0.39 is 0 Å². The van der Waals surface area contributed by atoms with Crippen molar-refractivity contribution < 1.29 is 0 Å². The molecule has 0 heterocycles. The minimum Gasteiger partial charge on any atom is -0.0654 e. The molecule has 4 aliphatic carbocycles. The molecular formula is C29H52. The van der Waals surface area contributed by atoms with Crippen molar-refractivity contribution in [2.75, 3.05) is 0 Å². The van der Waals surface area contributed by atoms with Crippen LogP contribution >= 0.6 is 0 Å². The summed E-state index contributed by atoms with van der Waals surface area (Å²) >= 11 is 0. The summed E-state index contributed by atoms with van der Waals surface area (Å²) in [6.45, 7) is 4.77. The van der Waals surface area contributed by atoms with Crippen molar-refractivity contribution in [1.82, 2.24) is 0 Å². The molecule has 168 valence electrons. The number of hydrogen-bond donors (Lipinski definition) is 0. The van der Waals surface area contributed by atoms with Crippen LogP contribution in [0.5, 0.6) is 0 Å². The lowest BCUT2D eigenvalue weighted by atomic mass is 9.53. The van der Waals surface area contributed by atoms with Gasteiger partial charge in [0.15, 0.2) is 0 Å². The fourth-order valence-electron chi connectivity index (χ4n) is 8.28. The second kappa shape index (κ2) is 11.0. The average molecular weight is 401 g/mol. The largest absolute Gasteiger partial charge is 0.0654 e. The zero-order valence-electron chi connectivity index (χ0n) is 20.1. The second-order valence-electron chi connectivity index (χ2n) is 12.1. The maximum atomic E-state index is 2.40. The molecule has 4 fully saturated rings. The summed E-state index contributed by atoms with van der Waals surface area (Å²) in [6.07, 6.45) is 29.4. The van der Waals surface area contributed by atoms with Gasteiger partial charge in [-0.25, -0.2) is 0 Å². The van der Waals surface area contributed by atoms with Crippen molar-refractivity contribution in [3.05, 3.63) is 0 Å². The van der Waals surface area contributed by atoms with Crippen LogP contribution in [-0.4, -0.2) is 0 Å². The highest BCUT2D eigenvalue weighted by Crippen LogP contribution is 2.56. The highest BCUT2D eigenvalue weighted by atomic mass is 14.5. The van der Waals surface area contributed by atoms with E-state index >= 15 is 0 Å². The summed E-state index contributed by atoms with van der Waals surface area (Å²) in [7, 11) is 0. The molecule has 4 saturated carbocycles. The van der Waals surface area contributed by atoms with Crippen LogP contribution in [0, 0.1) is 47.3 Å². The summed E-state index contributed by atoms with van der Waals surface area (Å²) in [5.41, 5.74) is 0. The fraction of sp³-hybridized carbons (Fsp3) is 1.00. The monoisotopic (exact) mass is 400 g/mol. The van der Waals surface area contributed by atoms with Crippen LogP contribution in [0.4, 0.5) is 0 Å². The summed E-state index contributed by atoms with van der Waals surface area (Å²) in [5.74, 6) is 8.98. The van der Waals surface area contributed by atoms with Crippen molar-refractivity contribution in [2.24, 2.45) is 47.3 Å². The Labute approximate surface area is 183 Å². The lowest BCUT2D eigenvalue weighted by Gasteiger charge is -2.52. The Balaban J connectivity index is 1.13. The molecule has 0 aromatic carbocycles. The first-order chi connectivity index (χ1) is 14.3. The topological polar surface area (TPSA) is 0 Å². The average Bonchev–Trinajstić information content (AvgIpc) is 2.95. The van der Waals surface area contributed by atoms with Crippen molar-refractivity contribution in [3.63, 3.8) is 0 Å². The molecule has 0 amide bonds. The zero-order valence-corrected chi connectivity index (χ0v) is 20.1. The minimum absolute atomic E-state index is 1.06. The van der Waals surface area contributed by atoms with Crippen LogP contribution in [0.25, 0.3) is 0 Å². The molecule has 4 rings (SSSR count). The first-order valence-electron chi connectivity index (χ1n) is 14.3. The Bertz CT molecular complexity index is 439. The second-order valence-corrected chi connectivity index (χ2v) is 12.1. The first-order valence-corrected chi connectivity index (χ1v) is 14.3. The van der Waals surface area contributed by atoms with Gasteiger partial charge in [0.1, 0.15) is 0 Å². The molecule has 0 aromatic rings. The number of hydrogen-bond acceptors (Lipinski definition) is 0. The molecule has 0 heteroatoms. The van der Waals surface area contributed by atoms with Gasteiger partial charge in [0.2, 0.25) is 0 Å². The Morgan fingerprint density at radius 1 is 0.517 bits per heavy atom. The first kappa shape index (κ1) is 22.2. The molecule has 0 bridgehead atoms. The van der Waals surface area contributed by atoms with Gasteiger partial charge in [0.25, 0.3) is 0 Å². The van der Waals surface area contributed by atoms with Gasteiger partial charge < -0.3 is 0 Å². The van der Waals surface area contributed by atoms with Crippen LogP contribution in [0.1, 0.15) is 136 Å². The SMILES string of the molecule is CCCCC(CCC)C1CCC(C2CC(C3CC(C4CCCCCC4)C3)C2)CC1. The molecule has 0 aromatic heterocycles.